The number of nitrogens with two attached hydrogens (primary N) is 1. The van der Waals surface area contributed by atoms with Crippen molar-refractivity contribution in [1.29, 1.82) is 0 Å². The van der Waals surface area contributed by atoms with Gasteiger partial charge in [-0.25, -0.2) is 0 Å². The van der Waals surface area contributed by atoms with Crippen molar-refractivity contribution < 1.29 is 4.74 Å². The Balaban J connectivity index is 1.94. The van der Waals surface area contributed by atoms with Gasteiger partial charge in [-0.15, -0.1) is 0 Å². The summed E-state index contributed by atoms with van der Waals surface area (Å²) in [4.78, 5) is 0. The molecule has 2 nitrogen and oxygen atoms in total. The lowest BCUT2D eigenvalue weighted by molar-refractivity contribution is -0.0600. The van der Waals surface area contributed by atoms with E-state index in [0.29, 0.717) is 12.6 Å². The van der Waals surface area contributed by atoms with Gasteiger partial charge in [0.05, 0.1) is 11.7 Å². The molecule has 2 heteroatoms. The Morgan fingerprint density at radius 1 is 1.17 bits per heavy atom. The largest absolute Gasteiger partial charge is 0.370 e. The minimum atomic E-state index is 0.266. The molecule has 2 fully saturated rings. The minimum Gasteiger partial charge on any atom is -0.370 e. The van der Waals surface area contributed by atoms with Gasteiger partial charge in [0.2, 0.25) is 0 Å². The molecule has 1 spiro atoms. The fraction of sp³-hybridized carbons (Fsp3) is 1.00. The van der Waals surface area contributed by atoms with Crippen LogP contribution < -0.4 is 5.73 Å². The fourth-order valence-electron chi connectivity index (χ4n) is 2.63. The van der Waals surface area contributed by atoms with E-state index in [2.05, 4.69) is 0 Å². The predicted octanol–water partition coefficient (Wildman–Crippen LogP) is 1.83. The molecule has 1 saturated heterocycles. The molecule has 1 heterocycles. The number of hydrogen-bond acceptors (Lipinski definition) is 2. The summed E-state index contributed by atoms with van der Waals surface area (Å²) < 4.78 is 6.01. The van der Waals surface area contributed by atoms with Crippen molar-refractivity contribution in [3.8, 4) is 0 Å². The summed E-state index contributed by atoms with van der Waals surface area (Å²) in [6.45, 7) is 0.710. The van der Waals surface area contributed by atoms with Gasteiger partial charge in [-0.05, 0) is 25.7 Å². The van der Waals surface area contributed by atoms with Crippen LogP contribution in [-0.2, 0) is 4.74 Å². The first-order valence-electron chi connectivity index (χ1n) is 5.23. The summed E-state index contributed by atoms with van der Waals surface area (Å²) in [5.41, 5.74) is 5.86. The molecule has 0 aromatic carbocycles. The molecule has 12 heavy (non-hydrogen) atoms. The summed E-state index contributed by atoms with van der Waals surface area (Å²) in [5, 5.41) is 0. The summed E-state index contributed by atoms with van der Waals surface area (Å²) in [6, 6.07) is 0. The molecule has 2 aliphatic rings. The summed E-state index contributed by atoms with van der Waals surface area (Å²) in [7, 11) is 0. The normalized spacial score (nSPS) is 34.2. The maximum atomic E-state index is 6.01. The van der Waals surface area contributed by atoms with E-state index in [1.165, 1.54) is 44.9 Å². The number of hydrogen-bond donors (Lipinski definition) is 1. The van der Waals surface area contributed by atoms with Crippen LogP contribution >= 0.6 is 0 Å². The Hall–Kier alpha value is -0.0800. The topological polar surface area (TPSA) is 35.2 Å². The molecule has 2 rings (SSSR count). The summed E-state index contributed by atoms with van der Waals surface area (Å²) in [5.74, 6) is 0. The molecule has 2 N–H and O–H groups in total. The van der Waals surface area contributed by atoms with Crippen molar-refractivity contribution in [3.63, 3.8) is 0 Å². The Labute approximate surface area is 74.5 Å². The van der Waals surface area contributed by atoms with E-state index >= 15 is 0 Å². The Bertz CT molecular complexity index is 152. The molecule has 1 aliphatic carbocycles. The molecule has 0 amide bonds. The van der Waals surface area contributed by atoms with Crippen molar-refractivity contribution in [3.05, 3.63) is 0 Å². The predicted molar refractivity (Wildman–Crippen MR) is 49.0 cm³/mol. The van der Waals surface area contributed by atoms with Crippen LogP contribution in [0, 0.1) is 0 Å². The SMILES string of the molecule is NC[C@@H]1CCC2(CCCCC2)O1. The van der Waals surface area contributed by atoms with Crippen molar-refractivity contribution in [2.24, 2.45) is 5.73 Å². The van der Waals surface area contributed by atoms with Crippen LogP contribution in [0.2, 0.25) is 0 Å². The lowest BCUT2D eigenvalue weighted by atomic mass is 9.83. The molecule has 0 bridgehead atoms. The van der Waals surface area contributed by atoms with E-state index in [1.807, 2.05) is 0 Å². The van der Waals surface area contributed by atoms with Crippen molar-refractivity contribution in [2.75, 3.05) is 6.54 Å². The van der Waals surface area contributed by atoms with Crippen molar-refractivity contribution in [1.82, 2.24) is 0 Å². The van der Waals surface area contributed by atoms with Crippen molar-refractivity contribution in [2.45, 2.75) is 56.7 Å². The van der Waals surface area contributed by atoms with Gasteiger partial charge in [0, 0.05) is 6.54 Å². The zero-order valence-corrected chi connectivity index (χ0v) is 7.72. The van der Waals surface area contributed by atoms with Crippen LogP contribution in [0.1, 0.15) is 44.9 Å². The highest BCUT2D eigenvalue weighted by atomic mass is 16.5. The first kappa shape index (κ1) is 8.52. The van der Waals surface area contributed by atoms with E-state index in [4.69, 9.17) is 10.5 Å². The van der Waals surface area contributed by atoms with E-state index < -0.39 is 0 Å². The van der Waals surface area contributed by atoms with Crippen LogP contribution in [0.15, 0.2) is 0 Å². The van der Waals surface area contributed by atoms with Crippen LogP contribution in [0.4, 0.5) is 0 Å². The second kappa shape index (κ2) is 3.35. The maximum absolute atomic E-state index is 6.01. The second-order valence-electron chi connectivity index (χ2n) is 4.26. The van der Waals surface area contributed by atoms with Crippen LogP contribution in [0.5, 0.6) is 0 Å². The zero-order valence-electron chi connectivity index (χ0n) is 7.72. The molecule has 1 aliphatic heterocycles. The van der Waals surface area contributed by atoms with Crippen LogP contribution in [0.25, 0.3) is 0 Å². The molecular weight excluding hydrogens is 150 g/mol. The second-order valence-corrected chi connectivity index (χ2v) is 4.26. The lowest BCUT2D eigenvalue weighted by Crippen LogP contribution is -2.33. The zero-order chi connectivity index (χ0) is 8.44. The first-order valence-corrected chi connectivity index (χ1v) is 5.23. The van der Waals surface area contributed by atoms with Gasteiger partial charge in [0.15, 0.2) is 0 Å². The van der Waals surface area contributed by atoms with Gasteiger partial charge >= 0.3 is 0 Å². The number of ether oxygens (including phenoxy) is 1. The average molecular weight is 169 g/mol. The van der Waals surface area contributed by atoms with Gasteiger partial charge < -0.3 is 10.5 Å². The molecule has 0 aromatic rings. The first-order chi connectivity index (χ1) is 5.85. The molecular formula is C10H19NO. The third-order valence-corrected chi connectivity index (χ3v) is 3.37. The third kappa shape index (κ3) is 1.50. The molecule has 1 atom stereocenters. The highest BCUT2D eigenvalue weighted by Crippen LogP contribution is 2.41. The third-order valence-electron chi connectivity index (χ3n) is 3.37. The van der Waals surface area contributed by atoms with E-state index in [1.54, 1.807) is 0 Å². The Morgan fingerprint density at radius 2 is 1.92 bits per heavy atom. The Kier molecular flexibility index (Phi) is 2.37. The summed E-state index contributed by atoms with van der Waals surface area (Å²) >= 11 is 0. The van der Waals surface area contributed by atoms with Gasteiger partial charge in [0.25, 0.3) is 0 Å². The minimum absolute atomic E-state index is 0.266. The number of rotatable bonds is 1. The standard InChI is InChI=1S/C10H19NO/c11-8-9-4-7-10(12-9)5-2-1-3-6-10/h9H,1-8,11H2/t9-/m0/s1. The maximum Gasteiger partial charge on any atom is 0.0705 e. The van der Waals surface area contributed by atoms with Gasteiger partial charge in [-0.2, -0.15) is 0 Å². The summed E-state index contributed by atoms with van der Waals surface area (Å²) in [6.07, 6.45) is 9.49. The van der Waals surface area contributed by atoms with E-state index in [0.717, 1.165) is 0 Å². The van der Waals surface area contributed by atoms with Crippen LogP contribution in [-0.4, -0.2) is 18.2 Å². The monoisotopic (exact) mass is 169 g/mol. The molecule has 0 unspecified atom stereocenters. The highest BCUT2D eigenvalue weighted by molar-refractivity contribution is 4.91. The lowest BCUT2D eigenvalue weighted by Gasteiger charge is -2.33. The molecule has 0 aromatic heterocycles. The van der Waals surface area contributed by atoms with Crippen molar-refractivity contribution >= 4 is 0 Å². The van der Waals surface area contributed by atoms with Gasteiger partial charge in [0.1, 0.15) is 0 Å². The van der Waals surface area contributed by atoms with Crippen LogP contribution in [0.3, 0.4) is 0 Å². The fourth-order valence-corrected chi connectivity index (χ4v) is 2.63. The highest BCUT2D eigenvalue weighted by Gasteiger charge is 2.39. The smallest absolute Gasteiger partial charge is 0.0705 e. The van der Waals surface area contributed by atoms with Gasteiger partial charge in [-0.3, -0.25) is 0 Å². The molecule has 0 radical (unpaired) electrons. The quantitative estimate of drug-likeness (QED) is 0.650. The Morgan fingerprint density at radius 3 is 2.50 bits per heavy atom. The van der Waals surface area contributed by atoms with E-state index in [-0.39, 0.29) is 5.60 Å². The average Bonchev–Trinajstić information content (AvgIpc) is 2.50. The van der Waals surface area contributed by atoms with Gasteiger partial charge in [-0.1, -0.05) is 19.3 Å². The van der Waals surface area contributed by atoms with E-state index in [9.17, 15) is 0 Å². The molecule has 70 valence electrons. The molecule has 1 saturated carbocycles.